The minimum atomic E-state index is -0.584. The van der Waals surface area contributed by atoms with Gasteiger partial charge < -0.3 is 9.80 Å². The maximum Gasteiger partial charge on any atom is 0.246 e. The van der Waals surface area contributed by atoms with Gasteiger partial charge in [-0.25, -0.2) is 8.78 Å². The van der Waals surface area contributed by atoms with Gasteiger partial charge >= 0.3 is 0 Å². The van der Waals surface area contributed by atoms with E-state index in [1.165, 1.54) is 6.07 Å². The van der Waals surface area contributed by atoms with Crippen LogP contribution in [0.15, 0.2) is 36.4 Å². The Labute approximate surface area is 139 Å². The molecule has 0 aliphatic carbocycles. The molecule has 4 rings (SSSR count). The van der Waals surface area contributed by atoms with Gasteiger partial charge in [-0.1, -0.05) is 18.2 Å². The van der Waals surface area contributed by atoms with E-state index in [-0.39, 0.29) is 12.5 Å². The average molecular weight is 328 g/mol. The summed E-state index contributed by atoms with van der Waals surface area (Å²) in [5.41, 5.74) is 3.13. The van der Waals surface area contributed by atoms with Gasteiger partial charge in [0.1, 0.15) is 11.6 Å². The normalized spacial score (nSPS) is 16.1. The van der Waals surface area contributed by atoms with Crippen LogP contribution in [0.5, 0.6) is 0 Å². The van der Waals surface area contributed by atoms with Crippen LogP contribution in [-0.4, -0.2) is 25.5 Å². The van der Waals surface area contributed by atoms with E-state index in [4.69, 9.17) is 0 Å². The van der Waals surface area contributed by atoms with Gasteiger partial charge in [0.25, 0.3) is 0 Å². The lowest BCUT2D eigenvalue weighted by Crippen LogP contribution is -2.42. The summed E-state index contributed by atoms with van der Waals surface area (Å²) in [5, 5.41) is 0. The van der Waals surface area contributed by atoms with Crippen molar-refractivity contribution in [1.29, 1.82) is 0 Å². The predicted octanol–water partition coefficient (Wildman–Crippen LogP) is 3.31. The lowest BCUT2D eigenvalue weighted by Gasteiger charge is -2.32. The van der Waals surface area contributed by atoms with Crippen molar-refractivity contribution in [3.63, 3.8) is 0 Å². The third-order valence-electron chi connectivity index (χ3n) is 4.81. The number of para-hydroxylation sites is 1. The molecule has 5 heteroatoms. The van der Waals surface area contributed by atoms with Crippen LogP contribution in [0.2, 0.25) is 0 Å². The topological polar surface area (TPSA) is 23.6 Å². The number of carbonyl (C=O) groups is 1. The Bertz CT molecular complexity index is 806. The molecule has 2 heterocycles. The van der Waals surface area contributed by atoms with Gasteiger partial charge in [0.2, 0.25) is 5.91 Å². The smallest absolute Gasteiger partial charge is 0.246 e. The first kappa shape index (κ1) is 15.1. The van der Waals surface area contributed by atoms with Crippen molar-refractivity contribution in [1.82, 2.24) is 0 Å². The molecule has 24 heavy (non-hydrogen) atoms. The highest BCUT2D eigenvalue weighted by Gasteiger charge is 2.28. The largest absolute Gasteiger partial charge is 0.360 e. The number of amides is 1. The first-order valence-electron chi connectivity index (χ1n) is 8.24. The lowest BCUT2D eigenvalue weighted by molar-refractivity contribution is -0.117. The fourth-order valence-electron chi connectivity index (χ4n) is 3.74. The maximum absolute atomic E-state index is 14.2. The van der Waals surface area contributed by atoms with Crippen LogP contribution in [-0.2, 0) is 17.6 Å². The van der Waals surface area contributed by atoms with E-state index in [1.54, 1.807) is 9.80 Å². The van der Waals surface area contributed by atoms with Gasteiger partial charge in [-0.3, -0.25) is 4.79 Å². The minimum Gasteiger partial charge on any atom is -0.360 e. The molecule has 0 spiro atoms. The number of fused-ring (bicyclic) bond motifs is 2. The zero-order valence-corrected chi connectivity index (χ0v) is 13.3. The minimum absolute atomic E-state index is 0.0449. The van der Waals surface area contributed by atoms with Crippen LogP contribution in [0.1, 0.15) is 17.5 Å². The highest BCUT2D eigenvalue weighted by atomic mass is 19.1. The van der Waals surface area contributed by atoms with E-state index in [0.717, 1.165) is 30.2 Å². The fraction of sp³-hybridized carbons (Fsp3) is 0.316. The second-order valence-electron chi connectivity index (χ2n) is 6.34. The van der Waals surface area contributed by atoms with E-state index in [1.807, 2.05) is 24.3 Å². The zero-order chi connectivity index (χ0) is 16.7. The van der Waals surface area contributed by atoms with E-state index >= 15 is 0 Å². The summed E-state index contributed by atoms with van der Waals surface area (Å²) in [6.07, 6.45) is 2.28. The number of hydrogen-bond acceptors (Lipinski definition) is 2. The van der Waals surface area contributed by atoms with Crippen molar-refractivity contribution in [3.05, 3.63) is 59.2 Å². The molecule has 2 aliphatic heterocycles. The van der Waals surface area contributed by atoms with Crippen molar-refractivity contribution in [2.24, 2.45) is 0 Å². The Morgan fingerprint density at radius 1 is 1.04 bits per heavy atom. The van der Waals surface area contributed by atoms with Crippen LogP contribution < -0.4 is 9.80 Å². The number of rotatable bonds is 2. The number of aryl methyl sites for hydroxylation is 1. The number of anilines is 2. The Balaban J connectivity index is 1.59. The number of hydrogen-bond donors (Lipinski definition) is 0. The summed E-state index contributed by atoms with van der Waals surface area (Å²) < 4.78 is 27.7. The Morgan fingerprint density at radius 3 is 2.75 bits per heavy atom. The Morgan fingerprint density at radius 2 is 1.88 bits per heavy atom. The Kier molecular flexibility index (Phi) is 3.71. The molecule has 0 atom stereocenters. The summed E-state index contributed by atoms with van der Waals surface area (Å²) >= 11 is 0. The predicted molar refractivity (Wildman–Crippen MR) is 89.4 cm³/mol. The van der Waals surface area contributed by atoms with Crippen LogP contribution >= 0.6 is 0 Å². The fourth-order valence-corrected chi connectivity index (χ4v) is 3.74. The first-order valence-corrected chi connectivity index (χ1v) is 8.24. The average Bonchev–Trinajstić information content (AvgIpc) is 2.98. The van der Waals surface area contributed by atoms with E-state index in [0.29, 0.717) is 30.8 Å². The van der Waals surface area contributed by atoms with E-state index < -0.39 is 11.6 Å². The van der Waals surface area contributed by atoms with Crippen molar-refractivity contribution < 1.29 is 13.6 Å². The second kappa shape index (κ2) is 5.89. The van der Waals surface area contributed by atoms with Gasteiger partial charge in [0.15, 0.2) is 0 Å². The summed E-state index contributed by atoms with van der Waals surface area (Å²) in [5.74, 6) is -1.19. The van der Waals surface area contributed by atoms with Crippen molar-refractivity contribution in [2.45, 2.75) is 19.3 Å². The summed E-state index contributed by atoms with van der Waals surface area (Å²) in [6, 6.07) is 10.1. The third-order valence-corrected chi connectivity index (χ3v) is 4.81. The van der Waals surface area contributed by atoms with Crippen LogP contribution in [0.4, 0.5) is 20.2 Å². The molecule has 0 saturated heterocycles. The highest BCUT2D eigenvalue weighted by molar-refractivity contribution is 5.98. The zero-order valence-electron chi connectivity index (χ0n) is 13.3. The molecular weight excluding hydrogens is 310 g/mol. The van der Waals surface area contributed by atoms with Crippen LogP contribution in [0.3, 0.4) is 0 Å². The number of carbonyl (C=O) groups excluding carboxylic acids is 1. The Hall–Kier alpha value is -2.43. The molecule has 2 aromatic rings. The number of nitrogens with zero attached hydrogens (tertiary/aromatic N) is 2. The van der Waals surface area contributed by atoms with Crippen molar-refractivity contribution >= 4 is 17.3 Å². The molecule has 2 aromatic carbocycles. The summed E-state index contributed by atoms with van der Waals surface area (Å²) in [7, 11) is 0. The van der Waals surface area contributed by atoms with Gasteiger partial charge in [0, 0.05) is 24.8 Å². The quantitative estimate of drug-likeness (QED) is 0.844. The molecule has 1 amide bonds. The van der Waals surface area contributed by atoms with Gasteiger partial charge in [-0.05, 0) is 42.5 Å². The molecule has 0 saturated carbocycles. The number of halogens is 2. The molecule has 124 valence electrons. The van der Waals surface area contributed by atoms with Gasteiger partial charge in [0.05, 0.1) is 12.2 Å². The standard InChI is InChI=1S/C19H18F2N2O/c20-15-10-14-5-3-8-22(19(14)16(21)11-15)12-18(24)23-9-7-13-4-1-2-6-17(13)23/h1-2,4,6,10-11H,3,5,7-9,12H2. The van der Waals surface area contributed by atoms with Crippen molar-refractivity contribution in [2.75, 3.05) is 29.4 Å². The van der Waals surface area contributed by atoms with E-state index in [2.05, 4.69) is 0 Å². The van der Waals surface area contributed by atoms with Gasteiger partial charge in [-0.15, -0.1) is 0 Å². The molecule has 3 nitrogen and oxygen atoms in total. The lowest BCUT2D eigenvalue weighted by atomic mass is 10.0. The molecule has 0 N–H and O–H groups in total. The van der Waals surface area contributed by atoms with Crippen molar-refractivity contribution in [3.8, 4) is 0 Å². The third kappa shape index (κ3) is 2.54. The van der Waals surface area contributed by atoms with Crippen LogP contribution in [0.25, 0.3) is 0 Å². The highest BCUT2D eigenvalue weighted by Crippen LogP contribution is 2.32. The first-order chi connectivity index (χ1) is 11.6. The summed E-state index contributed by atoms with van der Waals surface area (Å²) in [6.45, 7) is 1.38. The maximum atomic E-state index is 14.2. The van der Waals surface area contributed by atoms with Gasteiger partial charge in [-0.2, -0.15) is 0 Å². The molecule has 0 fully saturated rings. The molecule has 0 aromatic heterocycles. The van der Waals surface area contributed by atoms with E-state index in [9.17, 15) is 13.6 Å². The SMILES string of the molecule is O=C(CN1CCCc2cc(F)cc(F)c21)N1CCc2ccccc21. The molecular formula is C19H18F2N2O. The molecule has 0 radical (unpaired) electrons. The molecule has 0 bridgehead atoms. The molecule has 2 aliphatic rings. The summed E-state index contributed by atoms with van der Waals surface area (Å²) in [4.78, 5) is 16.3. The second-order valence-corrected chi connectivity index (χ2v) is 6.34. The van der Waals surface area contributed by atoms with Crippen LogP contribution in [0, 0.1) is 11.6 Å². The monoisotopic (exact) mass is 328 g/mol. The number of benzene rings is 2. The molecule has 0 unspecified atom stereocenters.